The Labute approximate surface area is 109 Å². The highest BCUT2D eigenvalue weighted by atomic mass is 16.4. The summed E-state index contributed by atoms with van der Waals surface area (Å²) in [6, 6.07) is 6.66. The highest BCUT2D eigenvalue weighted by molar-refractivity contribution is 5.99. The van der Waals surface area contributed by atoms with Crippen LogP contribution in [0.1, 0.15) is 33.5 Å². The summed E-state index contributed by atoms with van der Waals surface area (Å²) in [5.41, 5.74) is 0.565. The molecule has 6 heteroatoms. The van der Waals surface area contributed by atoms with E-state index in [1.54, 1.807) is 0 Å². The number of nitrogens with one attached hydrogen (secondary N) is 1. The van der Waals surface area contributed by atoms with Crippen LogP contribution in [-0.4, -0.2) is 32.1 Å². The van der Waals surface area contributed by atoms with Crippen molar-refractivity contribution in [1.82, 2.24) is 9.97 Å². The van der Waals surface area contributed by atoms with Gasteiger partial charge in [-0.15, -0.1) is 0 Å². The topological polar surface area (TPSA) is 103 Å². The van der Waals surface area contributed by atoms with Gasteiger partial charge in [-0.05, 0) is 30.7 Å². The zero-order valence-corrected chi connectivity index (χ0v) is 10.3. The van der Waals surface area contributed by atoms with Crippen molar-refractivity contribution in [3.63, 3.8) is 0 Å². The summed E-state index contributed by atoms with van der Waals surface area (Å²) in [7, 11) is 0. The minimum atomic E-state index is -1.34. The fourth-order valence-electron chi connectivity index (χ4n) is 1.34. The van der Waals surface area contributed by atoms with Crippen LogP contribution in [0.2, 0.25) is 0 Å². The van der Waals surface area contributed by atoms with Crippen LogP contribution < -0.4 is 0 Å². The molecule has 0 aliphatic carbocycles. The van der Waals surface area contributed by atoms with Crippen molar-refractivity contribution >= 4 is 11.9 Å². The molecule has 0 bridgehead atoms. The standard InChI is InChI=1S/C7H5NO4.C6H9N/c9-6(10)4-2-1-3-8-5(4)7(11)12;1-2-6-4-3-5-7-6/h1-3H,(H,9,10)(H,11,12);3-5,7H,2H2,1H3. The van der Waals surface area contributed by atoms with Crippen LogP contribution >= 0.6 is 0 Å². The number of aromatic amines is 1. The van der Waals surface area contributed by atoms with Gasteiger partial charge in [0.25, 0.3) is 0 Å². The third-order valence-electron chi connectivity index (χ3n) is 2.28. The summed E-state index contributed by atoms with van der Waals surface area (Å²) < 4.78 is 0. The highest BCUT2D eigenvalue weighted by Gasteiger charge is 2.15. The Balaban J connectivity index is 0.000000218. The molecule has 0 saturated heterocycles. The Morgan fingerprint density at radius 2 is 1.95 bits per heavy atom. The maximum Gasteiger partial charge on any atom is 0.355 e. The molecule has 0 atom stereocenters. The largest absolute Gasteiger partial charge is 0.478 e. The molecule has 0 fully saturated rings. The van der Waals surface area contributed by atoms with Gasteiger partial charge < -0.3 is 15.2 Å². The van der Waals surface area contributed by atoms with Crippen molar-refractivity contribution < 1.29 is 19.8 Å². The number of aryl methyl sites for hydroxylation is 1. The second kappa shape index (κ2) is 6.95. The van der Waals surface area contributed by atoms with E-state index in [1.807, 2.05) is 12.3 Å². The molecule has 0 aliphatic rings. The Hall–Kier alpha value is -2.63. The molecule has 0 spiro atoms. The van der Waals surface area contributed by atoms with E-state index < -0.39 is 17.6 Å². The van der Waals surface area contributed by atoms with Crippen LogP contribution in [0.4, 0.5) is 0 Å². The zero-order chi connectivity index (χ0) is 14.3. The van der Waals surface area contributed by atoms with E-state index >= 15 is 0 Å². The van der Waals surface area contributed by atoms with Gasteiger partial charge in [0.15, 0.2) is 5.69 Å². The van der Waals surface area contributed by atoms with Crippen molar-refractivity contribution in [2.24, 2.45) is 0 Å². The van der Waals surface area contributed by atoms with Gasteiger partial charge >= 0.3 is 11.9 Å². The maximum absolute atomic E-state index is 10.4. The molecule has 0 aliphatic heterocycles. The van der Waals surface area contributed by atoms with Crippen LogP contribution in [-0.2, 0) is 6.42 Å². The predicted molar refractivity (Wildman–Crippen MR) is 68.3 cm³/mol. The number of pyridine rings is 1. The van der Waals surface area contributed by atoms with E-state index in [4.69, 9.17) is 10.2 Å². The van der Waals surface area contributed by atoms with E-state index in [0.717, 1.165) is 6.42 Å². The fraction of sp³-hybridized carbons (Fsp3) is 0.154. The summed E-state index contributed by atoms with van der Waals surface area (Å²) in [6.07, 6.45) is 4.28. The molecule has 2 heterocycles. The molecule has 2 rings (SSSR count). The lowest BCUT2D eigenvalue weighted by Gasteiger charge is -1.97. The quantitative estimate of drug-likeness (QED) is 0.785. The molecule has 0 saturated carbocycles. The van der Waals surface area contributed by atoms with Gasteiger partial charge in [-0.25, -0.2) is 14.6 Å². The van der Waals surface area contributed by atoms with E-state index in [9.17, 15) is 9.59 Å². The summed E-state index contributed by atoms with van der Waals surface area (Å²) in [6.45, 7) is 2.13. The van der Waals surface area contributed by atoms with E-state index in [2.05, 4.69) is 23.0 Å². The number of hydrogen-bond acceptors (Lipinski definition) is 3. The smallest absolute Gasteiger partial charge is 0.355 e. The number of carboxylic acid groups (broad SMARTS) is 2. The van der Waals surface area contributed by atoms with Crippen molar-refractivity contribution in [3.8, 4) is 0 Å². The Bertz CT molecular complexity index is 517. The number of rotatable bonds is 3. The minimum absolute atomic E-state index is 0.301. The first-order chi connectivity index (χ1) is 9.06. The number of carbonyl (C=O) groups is 2. The SMILES string of the molecule is CCc1ccc[nH]1.O=C(O)c1cccnc1C(=O)O. The van der Waals surface area contributed by atoms with Crippen LogP contribution in [0, 0.1) is 0 Å². The van der Waals surface area contributed by atoms with Crippen LogP contribution in [0.5, 0.6) is 0 Å². The van der Waals surface area contributed by atoms with E-state index in [1.165, 1.54) is 24.0 Å². The molecule has 100 valence electrons. The van der Waals surface area contributed by atoms with Gasteiger partial charge in [-0.1, -0.05) is 6.92 Å². The molecule has 0 unspecified atom stereocenters. The first-order valence-corrected chi connectivity index (χ1v) is 5.60. The number of aromatic carboxylic acids is 2. The maximum atomic E-state index is 10.4. The lowest BCUT2D eigenvalue weighted by Crippen LogP contribution is -2.09. The Kier molecular flexibility index (Phi) is 5.28. The van der Waals surface area contributed by atoms with Gasteiger partial charge in [0, 0.05) is 18.1 Å². The second-order valence-corrected chi connectivity index (χ2v) is 3.56. The molecule has 0 aromatic carbocycles. The van der Waals surface area contributed by atoms with Crippen LogP contribution in [0.15, 0.2) is 36.7 Å². The second-order valence-electron chi connectivity index (χ2n) is 3.56. The Morgan fingerprint density at radius 1 is 1.21 bits per heavy atom. The van der Waals surface area contributed by atoms with Crippen LogP contribution in [0.25, 0.3) is 0 Å². The van der Waals surface area contributed by atoms with Crippen molar-refractivity contribution in [2.75, 3.05) is 0 Å². The first kappa shape index (κ1) is 14.4. The minimum Gasteiger partial charge on any atom is -0.478 e. The first-order valence-electron chi connectivity index (χ1n) is 5.60. The van der Waals surface area contributed by atoms with Gasteiger partial charge in [-0.2, -0.15) is 0 Å². The highest BCUT2D eigenvalue weighted by Crippen LogP contribution is 2.04. The third kappa shape index (κ3) is 4.27. The molecule has 2 aromatic rings. The summed E-state index contributed by atoms with van der Waals surface area (Å²) >= 11 is 0. The molecule has 2 aromatic heterocycles. The average molecular weight is 262 g/mol. The molecule has 0 amide bonds. The van der Waals surface area contributed by atoms with Gasteiger partial charge in [0.1, 0.15) is 0 Å². The molecule has 3 N–H and O–H groups in total. The monoisotopic (exact) mass is 262 g/mol. The average Bonchev–Trinajstić information content (AvgIpc) is 2.92. The molecular formula is C13H14N2O4. The summed E-state index contributed by atoms with van der Waals surface area (Å²) in [4.78, 5) is 27.3. The zero-order valence-electron chi connectivity index (χ0n) is 10.3. The lowest BCUT2D eigenvalue weighted by atomic mass is 10.2. The van der Waals surface area contributed by atoms with Crippen molar-refractivity contribution in [2.45, 2.75) is 13.3 Å². The van der Waals surface area contributed by atoms with Gasteiger partial charge in [0.2, 0.25) is 0 Å². The van der Waals surface area contributed by atoms with Gasteiger partial charge in [-0.3, -0.25) is 0 Å². The molecule has 19 heavy (non-hydrogen) atoms. The number of H-pyrrole nitrogens is 1. The third-order valence-corrected chi connectivity index (χ3v) is 2.28. The Morgan fingerprint density at radius 3 is 2.32 bits per heavy atom. The lowest BCUT2D eigenvalue weighted by molar-refractivity contribution is 0.0646. The summed E-state index contributed by atoms with van der Waals surface area (Å²) in [5.74, 6) is -2.63. The van der Waals surface area contributed by atoms with Crippen molar-refractivity contribution in [1.29, 1.82) is 0 Å². The van der Waals surface area contributed by atoms with Crippen LogP contribution in [0.3, 0.4) is 0 Å². The normalized spacial score (nSPS) is 9.32. The number of hydrogen-bond donors (Lipinski definition) is 3. The number of nitrogens with zero attached hydrogens (tertiary/aromatic N) is 1. The van der Waals surface area contributed by atoms with Gasteiger partial charge in [0.05, 0.1) is 5.56 Å². The number of carboxylic acids is 2. The predicted octanol–water partition coefficient (Wildman–Crippen LogP) is 2.06. The molecule has 6 nitrogen and oxygen atoms in total. The fourth-order valence-corrected chi connectivity index (χ4v) is 1.34. The van der Waals surface area contributed by atoms with E-state index in [-0.39, 0.29) is 5.56 Å². The number of aromatic nitrogens is 2. The summed E-state index contributed by atoms with van der Waals surface area (Å²) in [5, 5.41) is 17.0. The molecular weight excluding hydrogens is 248 g/mol. The van der Waals surface area contributed by atoms with Crippen molar-refractivity contribution in [3.05, 3.63) is 53.6 Å². The molecule has 0 radical (unpaired) electrons. The van der Waals surface area contributed by atoms with E-state index in [0.29, 0.717) is 0 Å².